The molecule has 1 aromatic carbocycles. The molecule has 29 heavy (non-hydrogen) atoms. The summed E-state index contributed by atoms with van der Waals surface area (Å²) in [6, 6.07) is 12.6. The van der Waals surface area contributed by atoms with Gasteiger partial charge >= 0.3 is 0 Å². The van der Waals surface area contributed by atoms with Crippen LogP contribution in [0.5, 0.6) is 0 Å². The summed E-state index contributed by atoms with van der Waals surface area (Å²) < 4.78 is 5.38. The molecule has 1 unspecified atom stereocenters. The first kappa shape index (κ1) is 18.3. The quantitative estimate of drug-likeness (QED) is 0.717. The van der Waals surface area contributed by atoms with Crippen LogP contribution in [0.1, 0.15) is 58.9 Å². The fraction of sp³-hybridized carbons (Fsp3) is 0.435. The lowest BCUT2D eigenvalue weighted by Crippen LogP contribution is -2.47. The molecule has 1 atom stereocenters. The van der Waals surface area contributed by atoms with Gasteiger partial charge in [-0.15, -0.1) is 0 Å². The fourth-order valence-electron chi connectivity index (χ4n) is 4.30. The molecule has 1 aliphatic heterocycles. The smallest absolute Gasteiger partial charge is 0.259 e. The molecule has 150 valence electrons. The number of pyridine rings is 1. The van der Waals surface area contributed by atoms with Crippen LogP contribution in [0.3, 0.4) is 0 Å². The molecule has 1 saturated heterocycles. The van der Waals surface area contributed by atoms with Gasteiger partial charge in [0.1, 0.15) is 0 Å². The van der Waals surface area contributed by atoms with E-state index in [1.54, 1.807) is 0 Å². The Morgan fingerprint density at radius 1 is 1.24 bits per heavy atom. The highest BCUT2D eigenvalue weighted by atomic mass is 16.5. The summed E-state index contributed by atoms with van der Waals surface area (Å²) in [5.41, 5.74) is 4.11. The van der Waals surface area contributed by atoms with E-state index in [2.05, 4.69) is 44.6 Å². The summed E-state index contributed by atoms with van der Waals surface area (Å²) in [6.07, 6.45) is 4.35. The van der Waals surface area contributed by atoms with Crippen LogP contribution in [0.15, 0.2) is 40.9 Å². The number of rotatable bonds is 5. The van der Waals surface area contributed by atoms with Crippen LogP contribution in [-0.4, -0.2) is 40.1 Å². The number of aryl methyl sites for hydroxylation is 1. The Hall–Kier alpha value is -2.73. The number of aromatic nitrogens is 2. The Bertz CT molecular complexity index is 1030. The molecule has 1 aliphatic carbocycles. The Labute approximate surface area is 170 Å². The topological polar surface area (TPSA) is 71.3 Å². The minimum Gasteiger partial charge on any atom is -0.348 e. The Balaban J connectivity index is 1.33. The van der Waals surface area contributed by atoms with Crippen LogP contribution < -0.4 is 5.32 Å². The Morgan fingerprint density at radius 3 is 2.86 bits per heavy atom. The van der Waals surface area contributed by atoms with Crippen molar-refractivity contribution in [2.45, 2.75) is 51.1 Å². The molecule has 1 amide bonds. The summed E-state index contributed by atoms with van der Waals surface area (Å²) in [6.45, 7) is 4.72. The molecule has 3 heterocycles. The van der Waals surface area contributed by atoms with Crippen molar-refractivity contribution in [1.82, 2.24) is 20.4 Å². The van der Waals surface area contributed by atoms with Crippen LogP contribution in [0.25, 0.3) is 11.1 Å². The van der Waals surface area contributed by atoms with Gasteiger partial charge in [0.15, 0.2) is 0 Å². The first-order valence-electron chi connectivity index (χ1n) is 10.5. The number of hydrogen-bond donors (Lipinski definition) is 1. The molecule has 2 fully saturated rings. The molecule has 2 aliphatic rings. The zero-order valence-corrected chi connectivity index (χ0v) is 16.7. The van der Waals surface area contributed by atoms with Gasteiger partial charge in [-0.2, -0.15) is 0 Å². The van der Waals surface area contributed by atoms with E-state index in [0.717, 1.165) is 56.4 Å². The van der Waals surface area contributed by atoms with Crippen LogP contribution >= 0.6 is 0 Å². The summed E-state index contributed by atoms with van der Waals surface area (Å²) in [4.78, 5) is 20.2. The zero-order chi connectivity index (χ0) is 19.8. The van der Waals surface area contributed by atoms with Crippen molar-refractivity contribution >= 4 is 17.0 Å². The molecule has 0 spiro atoms. The third kappa shape index (κ3) is 3.90. The third-order valence-electron chi connectivity index (χ3n) is 5.97. The number of nitrogens with zero attached hydrogens (tertiary/aromatic N) is 3. The second-order valence-electron chi connectivity index (χ2n) is 8.35. The van der Waals surface area contributed by atoms with E-state index < -0.39 is 0 Å². The van der Waals surface area contributed by atoms with Crippen molar-refractivity contribution in [3.05, 3.63) is 58.9 Å². The highest BCUT2D eigenvalue weighted by Gasteiger charge is 2.29. The van der Waals surface area contributed by atoms with Crippen molar-refractivity contribution in [3.8, 4) is 0 Å². The molecular weight excluding hydrogens is 364 g/mol. The lowest BCUT2D eigenvalue weighted by Gasteiger charge is -2.33. The number of benzene rings is 1. The number of amides is 1. The molecule has 0 bridgehead atoms. The highest BCUT2D eigenvalue weighted by Crippen LogP contribution is 2.40. The number of likely N-dealkylation sites (tertiary alicyclic amines) is 1. The van der Waals surface area contributed by atoms with E-state index in [1.807, 2.05) is 19.1 Å². The summed E-state index contributed by atoms with van der Waals surface area (Å²) >= 11 is 0. The van der Waals surface area contributed by atoms with Crippen molar-refractivity contribution in [2.75, 3.05) is 13.1 Å². The molecule has 6 heteroatoms. The number of carbonyl (C=O) groups excluding carboxylic acids is 1. The van der Waals surface area contributed by atoms with Crippen molar-refractivity contribution in [2.24, 2.45) is 0 Å². The second kappa shape index (κ2) is 7.59. The molecule has 1 N–H and O–H groups in total. The van der Waals surface area contributed by atoms with Gasteiger partial charge in [-0.3, -0.25) is 9.69 Å². The molecule has 1 saturated carbocycles. The van der Waals surface area contributed by atoms with Gasteiger partial charge in [0.2, 0.25) is 0 Å². The largest absolute Gasteiger partial charge is 0.348 e. The SMILES string of the molecule is Cc1noc2nc(C3CC3)cc(C(=O)NC3CCCN(Cc4ccccc4)C3)c12. The van der Waals surface area contributed by atoms with Crippen molar-refractivity contribution < 1.29 is 9.32 Å². The van der Waals surface area contributed by atoms with Crippen LogP contribution in [0, 0.1) is 6.92 Å². The molecule has 3 aromatic rings. The maximum absolute atomic E-state index is 13.2. The van der Waals surface area contributed by atoms with Crippen molar-refractivity contribution in [3.63, 3.8) is 0 Å². The number of piperidine rings is 1. The van der Waals surface area contributed by atoms with E-state index in [0.29, 0.717) is 22.9 Å². The molecule has 5 rings (SSSR count). The molecule has 6 nitrogen and oxygen atoms in total. The number of nitrogens with one attached hydrogen (secondary N) is 1. The van der Waals surface area contributed by atoms with Gasteiger partial charge in [-0.25, -0.2) is 4.98 Å². The lowest BCUT2D eigenvalue weighted by atomic mass is 10.0. The van der Waals surface area contributed by atoms with E-state index in [-0.39, 0.29) is 11.9 Å². The molecule has 0 radical (unpaired) electrons. The third-order valence-corrected chi connectivity index (χ3v) is 5.97. The number of fused-ring (bicyclic) bond motifs is 1. The maximum Gasteiger partial charge on any atom is 0.259 e. The lowest BCUT2D eigenvalue weighted by molar-refractivity contribution is 0.0902. The van der Waals surface area contributed by atoms with E-state index in [1.165, 1.54) is 5.56 Å². The van der Waals surface area contributed by atoms with Crippen LogP contribution in [0.4, 0.5) is 0 Å². The summed E-state index contributed by atoms with van der Waals surface area (Å²) in [7, 11) is 0. The van der Waals surface area contributed by atoms with Gasteiger partial charge in [-0.1, -0.05) is 35.5 Å². The van der Waals surface area contributed by atoms with E-state index in [9.17, 15) is 4.79 Å². The van der Waals surface area contributed by atoms with Gasteiger partial charge in [-0.05, 0) is 50.8 Å². The van der Waals surface area contributed by atoms with E-state index >= 15 is 0 Å². The second-order valence-corrected chi connectivity index (χ2v) is 8.35. The van der Waals surface area contributed by atoms with Gasteiger partial charge in [0.05, 0.1) is 16.6 Å². The Kier molecular flexibility index (Phi) is 4.79. The first-order valence-corrected chi connectivity index (χ1v) is 10.5. The first-order chi connectivity index (χ1) is 14.2. The van der Waals surface area contributed by atoms with Crippen LogP contribution in [0.2, 0.25) is 0 Å². The van der Waals surface area contributed by atoms with Gasteiger partial charge in [0.25, 0.3) is 11.6 Å². The standard InChI is InChI=1S/C23H26N4O2/c1-15-21-19(12-20(17-9-10-17)25-23(21)29-26-15)22(28)24-18-8-5-11-27(14-18)13-16-6-3-2-4-7-16/h2-4,6-7,12,17-18H,5,8-11,13-14H2,1H3,(H,24,28). The normalized spacial score (nSPS) is 20.1. The minimum atomic E-state index is -0.0443. The minimum absolute atomic E-state index is 0.0443. The fourth-order valence-corrected chi connectivity index (χ4v) is 4.30. The maximum atomic E-state index is 13.2. The van der Waals surface area contributed by atoms with Gasteiger partial charge in [0, 0.05) is 30.7 Å². The zero-order valence-electron chi connectivity index (χ0n) is 16.7. The van der Waals surface area contributed by atoms with Crippen molar-refractivity contribution in [1.29, 1.82) is 0 Å². The predicted molar refractivity (Wildman–Crippen MR) is 111 cm³/mol. The number of hydrogen-bond acceptors (Lipinski definition) is 5. The highest BCUT2D eigenvalue weighted by molar-refractivity contribution is 6.06. The van der Waals surface area contributed by atoms with E-state index in [4.69, 9.17) is 4.52 Å². The Morgan fingerprint density at radius 2 is 2.07 bits per heavy atom. The number of carbonyl (C=O) groups is 1. The predicted octanol–water partition coefficient (Wildman–Crippen LogP) is 3.80. The summed E-state index contributed by atoms with van der Waals surface area (Å²) in [5, 5.41) is 8.05. The average molecular weight is 390 g/mol. The monoisotopic (exact) mass is 390 g/mol. The summed E-state index contributed by atoms with van der Waals surface area (Å²) in [5.74, 6) is 0.407. The average Bonchev–Trinajstić information content (AvgIpc) is 3.52. The van der Waals surface area contributed by atoms with Crippen LogP contribution in [-0.2, 0) is 6.54 Å². The van der Waals surface area contributed by atoms with Gasteiger partial charge < -0.3 is 9.84 Å². The molecule has 2 aromatic heterocycles. The molecular formula is C23H26N4O2.